The zero-order chi connectivity index (χ0) is 18.7. The second kappa shape index (κ2) is 7.82. The number of aryl methyl sites for hydroxylation is 1. The second-order valence-electron chi connectivity index (χ2n) is 6.31. The number of allylic oxidation sites excluding steroid dienone is 2. The second-order valence-corrected chi connectivity index (χ2v) is 7.57. The van der Waals surface area contributed by atoms with Crippen molar-refractivity contribution in [1.29, 1.82) is 0 Å². The molecule has 2 atom stereocenters. The van der Waals surface area contributed by atoms with Crippen LogP contribution in [-0.4, -0.2) is 24.5 Å². The Kier molecular flexibility index (Phi) is 6.00. The molecule has 1 aromatic heterocycles. The molecule has 1 aliphatic rings. The predicted octanol–water partition coefficient (Wildman–Crippen LogP) is 2.28. The first kappa shape index (κ1) is 19.2. The normalized spacial score (nSPS) is 20.3. The van der Waals surface area contributed by atoms with Crippen molar-refractivity contribution in [3.63, 3.8) is 0 Å². The molecule has 0 spiro atoms. The smallest absolute Gasteiger partial charge is 0.341 e. The van der Waals surface area contributed by atoms with Crippen molar-refractivity contribution in [2.24, 2.45) is 11.8 Å². The molecular formula is C18H22NO5S-. The molecule has 0 saturated heterocycles. The molecule has 1 aromatic rings. The SMILES string of the molecule is CCOC(=O)c1cc(C)sc1NC(=O)[C@H]1CC(C)=C(C)C[C@@H]1C(=O)[O-]. The quantitative estimate of drug-likeness (QED) is 0.639. The fraction of sp³-hybridized carbons (Fsp3) is 0.500. The maximum Gasteiger partial charge on any atom is 0.341 e. The van der Waals surface area contributed by atoms with Crippen LogP contribution in [0.5, 0.6) is 0 Å². The first-order valence-corrected chi connectivity index (χ1v) is 9.00. The molecule has 1 N–H and O–H groups in total. The van der Waals surface area contributed by atoms with Crippen LogP contribution >= 0.6 is 11.3 Å². The molecular weight excluding hydrogens is 342 g/mol. The van der Waals surface area contributed by atoms with Crippen molar-refractivity contribution < 1.29 is 24.2 Å². The van der Waals surface area contributed by atoms with Crippen molar-refractivity contribution in [1.82, 2.24) is 0 Å². The zero-order valence-electron chi connectivity index (χ0n) is 14.8. The van der Waals surface area contributed by atoms with E-state index < -0.39 is 29.7 Å². The molecule has 2 rings (SSSR count). The van der Waals surface area contributed by atoms with Crippen LogP contribution in [0.3, 0.4) is 0 Å². The fourth-order valence-corrected chi connectivity index (χ4v) is 3.89. The van der Waals surface area contributed by atoms with Gasteiger partial charge in [0.25, 0.3) is 0 Å². The van der Waals surface area contributed by atoms with Gasteiger partial charge >= 0.3 is 5.97 Å². The lowest BCUT2D eigenvalue weighted by Gasteiger charge is -2.32. The van der Waals surface area contributed by atoms with Gasteiger partial charge in [0.05, 0.1) is 18.1 Å². The Bertz CT molecular complexity index is 734. The number of rotatable bonds is 5. The average molecular weight is 364 g/mol. The number of hydrogen-bond acceptors (Lipinski definition) is 6. The van der Waals surface area contributed by atoms with Crippen molar-refractivity contribution >= 4 is 34.2 Å². The minimum atomic E-state index is -1.22. The summed E-state index contributed by atoms with van der Waals surface area (Å²) in [4.78, 5) is 37.0. The lowest BCUT2D eigenvalue weighted by molar-refractivity contribution is -0.313. The number of carbonyl (C=O) groups is 3. The number of hydrogen-bond donors (Lipinski definition) is 1. The first-order chi connectivity index (χ1) is 11.7. The van der Waals surface area contributed by atoms with Crippen molar-refractivity contribution in [2.45, 2.75) is 40.5 Å². The van der Waals surface area contributed by atoms with Crippen LogP contribution in [-0.2, 0) is 14.3 Å². The van der Waals surface area contributed by atoms with Gasteiger partial charge in [-0.2, -0.15) is 0 Å². The molecule has 0 aliphatic heterocycles. The van der Waals surface area contributed by atoms with E-state index in [1.54, 1.807) is 13.0 Å². The first-order valence-electron chi connectivity index (χ1n) is 8.19. The molecule has 6 nitrogen and oxygen atoms in total. The minimum absolute atomic E-state index is 0.236. The van der Waals surface area contributed by atoms with E-state index in [1.807, 2.05) is 20.8 Å². The lowest BCUT2D eigenvalue weighted by Crippen LogP contribution is -2.42. The van der Waals surface area contributed by atoms with E-state index in [1.165, 1.54) is 11.3 Å². The molecule has 1 aliphatic carbocycles. The number of nitrogens with one attached hydrogen (secondary N) is 1. The van der Waals surface area contributed by atoms with Gasteiger partial charge in [-0.25, -0.2) is 4.79 Å². The van der Waals surface area contributed by atoms with E-state index in [2.05, 4.69) is 5.32 Å². The molecule has 0 radical (unpaired) electrons. The third-order valence-electron chi connectivity index (χ3n) is 4.49. The largest absolute Gasteiger partial charge is 0.550 e. The van der Waals surface area contributed by atoms with Crippen LogP contribution < -0.4 is 10.4 Å². The highest BCUT2D eigenvalue weighted by Gasteiger charge is 2.34. The molecule has 7 heteroatoms. The van der Waals surface area contributed by atoms with E-state index in [-0.39, 0.29) is 6.61 Å². The van der Waals surface area contributed by atoms with Gasteiger partial charge in [0, 0.05) is 16.8 Å². The number of carbonyl (C=O) groups excluding carboxylic acids is 3. The van der Waals surface area contributed by atoms with Crippen LogP contribution in [0.25, 0.3) is 0 Å². The average Bonchev–Trinajstić information content (AvgIpc) is 2.90. The van der Waals surface area contributed by atoms with Crippen LogP contribution in [0.2, 0.25) is 0 Å². The third kappa shape index (κ3) is 4.28. The number of ether oxygens (including phenoxy) is 1. The highest BCUT2D eigenvalue weighted by atomic mass is 32.1. The Morgan fingerprint density at radius 1 is 1.20 bits per heavy atom. The number of carboxylic acid groups (broad SMARTS) is 1. The van der Waals surface area contributed by atoms with Gasteiger partial charge < -0.3 is 20.0 Å². The molecule has 0 fully saturated rings. The molecule has 0 saturated carbocycles. The fourth-order valence-electron chi connectivity index (χ4n) is 2.99. The Morgan fingerprint density at radius 3 is 2.36 bits per heavy atom. The molecule has 1 heterocycles. The summed E-state index contributed by atoms with van der Waals surface area (Å²) >= 11 is 1.26. The zero-order valence-corrected chi connectivity index (χ0v) is 15.6. The summed E-state index contributed by atoms with van der Waals surface area (Å²) < 4.78 is 5.00. The topological polar surface area (TPSA) is 95.5 Å². The molecule has 25 heavy (non-hydrogen) atoms. The Hall–Kier alpha value is -2.15. The van der Waals surface area contributed by atoms with Crippen LogP contribution in [0.15, 0.2) is 17.2 Å². The lowest BCUT2D eigenvalue weighted by atomic mass is 9.76. The number of anilines is 1. The number of aliphatic carboxylic acids is 1. The number of carboxylic acids is 1. The summed E-state index contributed by atoms with van der Waals surface area (Å²) in [6, 6.07) is 1.66. The van der Waals surface area contributed by atoms with Crippen LogP contribution in [0.4, 0.5) is 5.00 Å². The number of esters is 1. The maximum absolute atomic E-state index is 12.7. The van der Waals surface area contributed by atoms with E-state index >= 15 is 0 Å². The number of amides is 1. The molecule has 136 valence electrons. The maximum atomic E-state index is 12.7. The molecule has 0 bridgehead atoms. The monoisotopic (exact) mass is 364 g/mol. The van der Waals surface area contributed by atoms with Crippen molar-refractivity contribution in [3.05, 3.63) is 27.7 Å². The van der Waals surface area contributed by atoms with E-state index in [0.29, 0.717) is 23.4 Å². The molecule has 0 aromatic carbocycles. The Morgan fingerprint density at radius 2 is 1.80 bits per heavy atom. The van der Waals surface area contributed by atoms with Gasteiger partial charge in [0.2, 0.25) is 5.91 Å². The van der Waals surface area contributed by atoms with Crippen LogP contribution in [0, 0.1) is 18.8 Å². The van der Waals surface area contributed by atoms with Crippen LogP contribution in [0.1, 0.15) is 48.8 Å². The predicted molar refractivity (Wildman–Crippen MR) is 93.2 cm³/mol. The molecule has 1 amide bonds. The van der Waals surface area contributed by atoms with Gasteiger partial charge in [0.1, 0.15) is 5.00 Å². The summed E-state index contributed by atoms with van der Waals surface area (Å²) in [5, 5.41) is 14.6. The standard InChI is InChI=1S/C18H23NO5S/c1-5-24-18(23)14-8-11(4)25-16(14)19-15(20)12-6-9(2)10(3)7-13(12)17(21)22/h8,12-13H,5-7H2,1-4H3,(H,19,20)(H,21,22)/p-1/t12-,13-/m0/s1. The summed E-state index contributed by atoms with van der Waals surface area (Å²) in [7, 11) is 0. The van der Waals surface area contributed by atoms with Gasteiger partial charge in [-0.1, -0.05) is 11.1 Å². The third-order valence-corrected chi connectivity index (χ3v) is 5.46. The van der Waals surface area contributed by atoms with Gasteiger partial charge in [0.15, 0.2) is 0 Å². The summed E-state index contributed by atoms with van der Waals surface area (Å²) in [5.41, 5.74) is 2.30. The summed E-state index contributed by atoms with van der Waals surface area (Å²) in [6.45, 7) is 7.55. The van der Waals surface area contributed by atoms with E-state index in [0.717, 1.165) is 16.0 Å². The van der Waals surface area contributed by atoms with Crippen molar-refractivity contribution in [2.75, 3.05) is 11.9 Å². The number of thiophene rings is 1. The van der Waals surface area contributed by atoms with E-state index in [9.17, 15) is 19.5 Å². The molecule has 0 unspecified atom stereocenters. The minimum Gasteiger partial charge on any atom is -0.550 e. The Labute approximate surface area is 150 Å². The van der Waals surface area contributed by atoms with Gasteiger partial charge in [-0.15, -0.1) is 11.3 Å². The van der Waals surface area contributed by atoms with Gasteiger partial charge in [-0.05, 0) is 46.6 Å². The summed E-state index contributed by atoms with van der Waals surface area (Å²) in [6.07, 6.45) is 0.676. The van der Waals surface area contributed by atoms with E-state index in [4.69, 9.17) is 4.74 Å². The highest BCUT2D eigenvalue weighted by Crippen LogP contribution is 2.36. The summed E-state index contributed by atoms with van der Waals surface area (Å²) in [5.74, 6) is -3.72. The van der Waals surface area contributed by atoms with Crippen molar-refractivity contribution in [3.8, 4) is 0 Å². The Balaban J connectivity index is 2.24. The highest BCUT2D eigenvalue weighted by molar-refractivity contribution is 7.16. The van der Waals surface area contributed by atoms with Gasteiger partial charge in [-0.3, -0.25) is 4.79 Å².